The molecule has 0 unspecified atom stereocenters. The van der Waals surface area contributed by atoms with Gasteiger partial charge < -0.3 is 10.6 Å². The van der Waals surface area contributed by atoms with Crippen LogP contribution in [0.15, 0.2) is 54.8 Å². The first-order valence-electron chi connectivity index (χ1n) is 9.35. The number of aryl methyl sites for hydroxylation is 2. The van der Waals surface area contributed by atoms with Gasteiger partial charge in [-0.1, -0.05) is 18.7 Å². The Balaban J connectivity index is 2.00. The van der Waals surface area contributed by atoms with Gasteiger partial charge in [0.2, 0.25) is 0 Å². The van der Waals surface area contributed by atoms with Crippen LogP contribution in [0.3, 0.4) is 0 Å². The van der Waals surface area contributed by atoms with Crippen molar-refractivity contribution in [3.8, 4) is 28.5 Å². The molecular formula is C24H21N5. The lowest BCUT2D eigenvalue weighted by Crippen LogP contribution is -2.06. The lowest BCUT2D eigenvalue weighted by Gasteiger charge is -2.19. The summed E-state index contributed by atoms with van der Waals surface area (Å²) in [5.74, 6) is 1.56. The van der Waals surface area contributed by atoms with E-state index in [4.69, 9.17) is 4.98 Å². The molecule has 1 aliphatic rings. The van der Waals surface area contributed by atoms with Crippen molar-refractivity contribution in [1.82, 2.24) is 9.97 Å². The van der Waals surface area contributed by atoms with Crippen molar-refractivity contribution in [2.24, 2.45) is 0 Å². The SMILES string of the molecule is C=C1C=Cc2cc(-c3cc(C)nc(NC)c3)c(-c3ccc(C)c(C#N)c3)nc2N1. The molecule has 29 heavy (non-hydrogen) atoms. The number of rotatable bonds is 3. The van der Waals surface area contributed by atoms with Crippen molar-refractivity contribution in [2.45, 2.75) is 13.8 Å². The highest BCUT2D eigenvalue weighted by atomic mass is 15.0. The molecule has 0 atom stereocenters. The molecule has 5 nitrogen and oxygen atoms in total. The van der Waals surface area contributed by atoms with Gasteiger partial charge in [0.05, 0.1) is 17.3 Å². The van der Waals surface area contributed by atoms with E-state index in [1.165, 1.54) is 0 Å². The van der Waals surface area contributed by atoms with Gasteiger partial charge in [0.1, 0.15) is 11.6 Å². The number of anilines is 2. The Morgan fingerprint density at radius 3 is 2.62 bits per heavy atom. The zero-order valence-electron chi connectivity index (χ0n) is 16.7. The first kappa shape index (κ1) is 18.5. The van der Waals surface area contributed by atoms with Gasteiger partial charge in [-0.3, -0.25) is 0 Å². The number of fused-ring (bicyclic) bond motifs is 1. The Morgan fingerprint density at radius 1 is 1.03 bits per heavy atom. The van der Waals surface area contributed by atoms with Gasteiger partial charge >= 0.3 is 0 Å². The summed E-state index contributed by atoms with van der Waals surface area (Å²) in [6, 6.07) is 14.3. The molecular weight excluding hydrogens is 358 g/mol. The molecule has 0 saturated carbocycles. The summed E-state index contributed by atoms with van der Waals surface area (Å²) < 4.78 is 0. The summed E-state index contributed by atoms with van der Waals surface area (Å²) in [6.07, 6.45) is 3.95. The minimum atomic E-state index is 0.645. The van der Waals surface area contributed by atoms with Crippen molar-refractivity contribution in [2.75, 3.05) is 17.7 Å². The van der Waals surface area contributed by atoms with Crippen molar-refractivity contribution >= 4 is 17.7 Å². The Kier molecular flexibility index (Phi) is 4.61. The molecule has 1 aliphatic heterocycles. The molecule has 5 heteroatoms. The second kappa shape index (κ2) is 7.25. The quantitative estimate of drug-likeness (QED) is 0.646. The fourth-order valence-corrected chi connectivity index (χ4v) is 3.42. The third-order valence-corrected chi connectivity index (χ3v) is 4.95. The number of pyridine rings is 2. The van der Waals surface area contributed by atoms with Crippen LogP contribution in [-0.2, 0) is 0 Å². The maximum absolute atomic E-state index is 9.49. The Hall–Kier alpha value is -3.91. The molecule has 0 amide bonds. The molecule has 0 fully saturated rings. The largest absolute Gasteiger partial charge is 0.373 e. The second-order valence-corrected chi connectivity index (χ2v) is 7.08. The average Bonchev–Trinajstić information content (AvgIpc) is 2.72. The predicted molar refractivity (Wildman–Crippen MR) is 118 cm³/mol. The summed E-state index contributed by atoms with van der Waals surface area (Å²) in [7, 11) is 1.86. The maximum Gasteiger partial charge on any atom is 0.138 e. The normalized spacial score (nSPS) is 12.1. The van der Waals surface area contributed by atoms with Crippen LogP contribution < -0.4 is 10.6 Å². The number of allylic oxidation sites excluding steroid dienone is 1. The van der Waals surface area contributed by atoms with Crippen LogP contribution >= 0.6 is 0 Å². The molecule has 0 spiro atoms. The molecule has 0 aliphatic carbocycles. The molecule has 4 rings (SSSR count). The molecule has 142 valence electrons. The number of nitriles is 1. The fourth-order valence-electron chi connectivity index (χ4n) is 3.42. The monoisotopic (exact) mass is 379 g/mol. The summed E-state index contributed by atoms with van der Waals surface area (Å²) in [5.41, 5.74) is 8.00. The van der Waals surface area contributed by atoms with E-state index < -0.39 is 0 Å². The predicted octanol–water partition coefficient (Wildman–Crippen LogP) is 5.29. The second-order valence-electron chi connectivity index (χ2n) is 7.08. The van der Waals surface area contributed by atoms with E-state index in [0.717, 1.165) is 56.5 Å². The highest BCUT2D eigenvalue weighted by Crippen LogP contribution is 2.37. The number of aromatic nitrogens is 2. The molecule has 0 bridgehead atoms. The minimum absolute atomic E-state index is 0.645. The molecule has 2 N–H and O–H groups in total. The molecule has 0 radical (unpaired) electrons. The number of hydrogen-bond acceptors (Lipinski definition) is 5. The summed E-state index contributed by atoms with van der Waals surface area (Å²) in [5, 5.41) is 15.8. The minimum Gasteiger partial charge on any atom is -0.373 e. The van der Waals surface area contributed by atoms with Crippen LogP contribution in [0.1, 0.15) is 22.4 Å². The van der Waals surface area contributed by atoms with Gasteiger partial charge in [0, 0.05) is 35.1 Å². The first-order chi connectivity index (χ1) is 14.0. The first-order valence-corrected chi connectivity index (χ1v) is 9.35. The highest BCUT2D eigenvalue weighted by molar-refractivity contribution is 5.87. The van der Waals surface area contributed by atoms with E-state index in [-0.39, 0.29) is 0 Å². The number of nitrogens with one attached hydrogen (secondary N) is 2. The van der Waals surface area contributed by atoms with Gasteiger partial charge in [-0.05, 0) is 61.4 Å². The van der Waals surface area contributed by atoms with E-state index in [1.54, 1.807) is 0 Å². The number of hydrogen-bond donors (Lipinski definition) is 2. The number of benzene rings is 1. The summed E-state index contributed by atoms with van der Waals surface area (Å²) >= 11 is 0. The summed E-state index contributed by atoms with van der Waals surface area (Å²) in [4.78, 5) is 9.43. The Bertz CT molecular complexity index is 1210. The molecule has 3 aromatic rings. The molecule has 0 saturated heterocycles. The van der Waals surface area contributed by atoms with Crippen LogP contribution in [0.25, 0.3) is 28.5 Å². The van der Waals surface area contributed by atoms with Crippen molar-refractivity contribution in [1.29, 1.82) is 5.26 Å². The van der Waals surface area contributed by atoms with Gasteiger partial charge in [0.15, 0.2) is 0 Å². The fraction of sp³-hybridized carbons (Fsp3) is 0.125. The van der Waals surface area contributed by atoms with Crippen LogP contribution in [0, 0.1) is 25.2 Å². The zero-order chi connectivity index (χ0) is 20.5. The van der Waals surface area contributed by atoms with Crippen molar-refractivity contribution in [3.05, 3.63) is 77.1 Å². The van der Waals surface area contributed by atoms with Crippen LogP contribution in [0.2, 0.25) is 0 Å². The smallest absolute Gasteiger partial charge is 0.138 e. The van der Waals surface area contributed by atoms with Crippen molar-refractivity contribution < 1.29 is 0 Å². The van der Waals surface area contributed by atoms with E-state index >= 15 is 0 Å². The van der Waals surface area contributed by atoms with Gasteiger partial charge in [0.25, 0.3) is 0 Å². The van der Waals surface area contributed by atoms with E-state index in [0.29, 0.717) is 5.56 Å². The van der Waals surface area contributed by atoms with E-state index in [1.807, 2.05) is 63.4 Å². The Labute approximate surface area is 170 Å². The van der Waals surface area contributed by atoms with Crippen LogP contribution in [0.4, 0.5) is 11.6 Å². The maximum atomic E-state index is 9.49. The van der Waals surface area contributed by atoms with Gasteiger partial charge in [-0.2, -0.15) is 5.26 Å². The molecule has 3 heterocycles. The molecule has 1 aromatic carbocycles. The number of nitrogens with zero attached hydrogens (tertiary/aromatic N) is 3. The molecule has 2 aromatic heterocycles. The van der Waals surface area contributed by atoms with Crippen LogP contribution in [0.5, 0.6) is 0 Å². The highest BCUT2D eigenvalue weighted by Gasteiger charge is 2.17. The van der Waals surface area contributed by atoms with Crippen molar-refractivity contribution in [3.63, 3.8) is 0 Å². The van der Waals surface area contributed by atoms with E-state index in [9.17, 15) is 5.26 Å². The van der Waals surface area contributed by atoms with Crippen LogP contribution in [-0.4, -0.2) is 17.0 Å². The topological polar surface area (TPSA) is 73.6 Å². The van der Waals surface area contributed by atoms with Gasteiger partial charge in [-0.15, -0.1) is 0 Å². The van der Waals surface area contributed by atoms with Gasteiger partial charge in [-0.25, -0.2) is 9.97 Å². The lowest BCUT2D eigenvalue weighted by atomic mass is 9.95. The standard InChI is InChI=1S/C24H21N5/c1-14-5-7-17(10-20(14)13-25)23-21(19-9-16(3)27-22(12-19)26-4)11-18-8-6-15(2)28-24(18)29-23/h5-12H,2H2,1,3-4H3,(H,26,27)(H,28,29). The third kappa shape index (κ3) is 3.48. The third-order valence-electron chi connectivity index (χ3n) is 4.95. The Morgan fingerprint density at radius 2 is 1.86 bits per heavy atom. The summed E-state index contributed by atoms with van der Waals surface area (Å²) in [6.45, 7) is 7.88. The van der Waals surface area contributed by atoms with E-state index in [2.05, 4.69) is 34.3 Å². The lowest BCUT2D eigenvalue weighted by molar-refractivity contribution is 1.19. The average molecular weight is 379 g/mol. The zero-order valence-corrected chi connectivity index (χ0v) is 16.7.